The highest BCUT2D eigenvalue weighted by Gasteiger charge is 2.41. The zero-order valence-electron chi connectivity index (χ0n) is 23.7. The molecule has 11 nitrogen and oxygen atoms in total. The average molecular weight is 672 g/mol. The Morgan fingerprint density at radius 2 is 1.48 bits per heavy atom. The van der Waals surface area contributed by atoms with Crippen molar-refractivity contribution in [2.75, 3.05) is 0 Å². The number of nitrogens with zero attached hydrogens (tertiary/aromatic N) is 7. The number of carbonyl (C=O) groups is 2. The minimum atomic E-state index is -5.00. The molecule has 46 heavy (non-hydrogen) atoms. The van der Waals surface area contributed by atoms with Gasteiger partial charge in [-0.15, -0.1) is 10.2 Å². The first-order valence-electron chi connectivity index (χ1n) is 13.7. The summed E-state index contributed by atoms with van der Waals surface area (Å²) in [5, 5.41) is 19.2. The number of imide groups is 1. The molecule has 1 aliphatic rings. The van der Waals surface area contributed by atoms with Gasteiger partial charge in [0.1, 0.15) is 6.54 Å². The molecule has 0 bridgehead atoms. The van der Waals surface area contributed by atoms with Gasteiger partial charge >= 0.3 is 11.9 Å². The van der Waals surface area contributed by atoms with E-state index in [1.54, 1.807) is 55.5 Å². The number of fused-ring (bicyclic) bond motifs is 1. The molecular formula is C30H22Cl2F3N7O4. The Morgan fingerprint density at radius 1 is 0.870 bits per heavy atom. The summed E-state index contributed by atoms with van der Waals surface area (Å²) in [6, 6.07) is 17.9. The molecule has 2 atom stereocenters. The molecule has 2 amide bonds. The fraction of sp³-hybridized carbons (Fsp3) is 0.200. The van der Waals surface area contributed by atoms with Gasteiger partial charge in [0.25, 0.3) is 11.8 Å². The van der Waals surface area contributed by atoms with Crippen molar-refractivity contribution < 1.29 is 27.9 Å². The van der Waals surface area contributed by atoms with Crippen molar-refractivity contribution in [3.8, 4) is 17.1 Å². The van der Waals surface area contributed by atoms with Crippen LogP contribution < -0.4 is 5.69 Å². The molecule has 16 heteroatoms. The van der Waals surface area contributed by atoms with Gasteiger partial charge in [-0.2, -0.15) is 13.2 Å². The molecule has 3 aromatic carbocycles. The second kappa shape index (κ2) is 11.9. The number of hydrogen-bond donors (Lipinski definition) is 1. The van der Waals surface area contributed by atoms with Gasteiger partial charge in [-0.3, -0.25) is 19.1 Å². The van der Waals surface area contributed by atoms with Gasteiger partial charge in [-0.25, -0.2) is 19.1 Å². The minimum absolute atomic E-state index is 0.0239. The number of aromatic nitrogens is 6. The SMILES string of the molecule is CC(c1nc(Cn2nc(-c3ccc(Cl)cc3)n(C[C@H](O)C(F)(F)F)c2=O)nn1-c1ccccc1Cl)N1C(=O)c2ccccc2C1=O. The minimum Gasteiger partial charge on any atom is -0.382 e. The summed E-state index contributed by atoms with van der Waals surface area (Å²) < 4.78 is 42.8. The average Bonchev–Trinajstić information content (AvgIpc) is 3.65. The molecule has 0 radical (unpaired) electrons. The number of para-hydroxylation sites is 1. The molecule has 0 fully saturated rings. The number of rotatable bonds is 8. The van der Waals surface area contributed by atoms with Crippen LogP contribution in [0.2, 0.25) is 10.0 Å². The number of benzene rings is 3. The molecule has 0 aliphatic carbocycles. The summed E-state index contributed by atoms with van der Waals surface area (Å²) in [6.07, 6.45) is -7.85. The predicted molar refractivity (Wildman–Crippen MR) is 160 cm³/mol. The van der Waals surface area contributed by atoms with Crippen LogP contribution >= 0.6 is 23.2 Å². The van der Waals surface area contributed by atoms with Crippen LogP contribution in [-0.4, -0.2) is 63.2 Å². The molecular weight excluding hydrogens is 650 g/mol. The zero-order chi connectivity index (χ0) is 32.9. The van der Waals surface area contributed by atoms with Crippen LogP contribution in [0.25, 0.3) is 17.1 Å². The number of hydrogen-bond acceptors (Lipinski definition) is 7. The Balaban J connectivity index is 1.43. The Hall–Kier alpha value is -4.79. The molecule has 1 aliphatic heterocycles. The van der Waals surface area contributed by atoms with Crippen LogP contribution in [0.5, 0.6) is 0 Å². The third kappa shape index (κ3) is 5.59. The van der Waals surface area contributed by atoms with E-state index < -0.39 is 48.9 Å². The first-order chi connectivity index (χ1) is 21.8. The van der Waals surface area contributed by atoms with Gasteiger partial charge in [0, 0.05) is 10.6 Å². The highest BCUT2D eigenvalue weighted by Crippen LogP contribution is 2.32. The van der Waals surface area contributed by atoms with Crippen LogP contribution in [-0.2, 0) is 13.1 Å². The van der Waals surface area contributed by atoms with E-state index in [0.29, 0.717) is 15.3 Å². The molecule has 1 N–H and O–H groups in total. The van der Waals surface area contributed by atoms with Crippen molar-refractivity contribution in [2.45, 2.75) is 38.3 Å². The van der Waals surface area contributed by atoms with Crippen molar-refractivity contribution in [2.24, 2.45) is 0 Å². The lowest BCUT2D eigenvalue weighted by Crippen LogP contribution is -2.37. The second-order valence-corrected chi connectivity index (χ2v) is 11.2. The van der Waals surface area contributed by atoms with E-state index in [0.717, 1.165) is 9.58 Å². The molecule has 0 spiro atoms. The maximum atomic E-state index is 13.4. The molecule has 3 heterocycles. The highest BCUT2D eigenvalue weighted by molar-refractivity contribution is 6.32. The maximum Gasteiger partial charge on any atom is 0.416 e. The number of carbonyl (C=O) groups excluding carboxylic acids is 2. The first kappa shape index (κ1) is 31.2. The molecule has 5 aromatic rings. The lowest BCUT2D eigenvalue weighted by molar-refractivity contribution is -0.207. The van der Waals surface area contributed by atoms with Gasteiger partial charge < -0.3 is 5.11 Å². The summed E-state index contributed by atoms with van der Waals surface area (Å²) in [7, 11) is 0. The van der Waals surface area contributed by atoms with E-state index in [2.05, 4.69) is 15.2 Å². The fourth-order valence-electron chi connectivity index (χ4n) is 5.11. The van der Waals surface area contributed by atoms with Gasteiger partial charge in [0.05, 0.1) is 34.4 Å². The summed E-state index contributed by atoms with van der Waals surface area (Å²) in [5.41, 5.74) is 0.114. The predicted octanol–water partition coefficient (Wildman–Crippen LogP) is 4.93. The van der Waals surface area contributed by atoms with E-state index in [9.17, 15) is 32.7 Å². The van der Waals surface area contributed by atoms with Crippen molar-refractivity contribution in [3.63, 3.8) is 0 Å². The molecule has 0 saturated carbocycles. The number of aliphatic hydroxyl groups is 1. The smallest absolute Gasteiger partial charge is 0.382 e. The Labute approximate surface area is 268 Å². The van der Waals surface area contributed by atoms with Gasteiger partial charge in [-0.1, -0.05) is 47.5 Å². The van der Waals surface area contributed by atoms with Crippen LogP contribution in [0.1, 0.15) is 45.3 Å². The number of alkyl halides is 3. The quantitative estimate of drug-likeness (QED) is 0.232. The van der Waals surface area contributed by atoms with E-state index in [1.807, 2.05) is 0 Å². The van der Waals surface area contributed by atoms with Crippen LogP contribution in [0.4, 0.5) is 13.2 Å². The lowest BCUT2D eigenvalue weighted by atomic mass is 10.1. The molecule has 0 saturated heterocycles. The Bertz CT molecular complexity index is 2000. The standard InChI is InChI=1S/C30H22Cl2F3N7O4/c1-16(41-27(44)19-6-2-3-7-20(19)28(41)45)25-36-24(37-42(25)22-9-5-4-8-21(22)32)15-40-29(46)39(14-23(43)30(33,34)35)26(38-40)17-10-12-18(31)13-11-17/h2-13,16,23,43H,14-15H2,1H3/t16?,23-/m0/s1. The van der Waals surface area contributed by atoms with Crippen LogP contribution in [0.3, 0.4) is 0 Å². The Kier molecular flexibility index (Phi) is 8.04. The number of amides is 2. The number of halogens is 5. The molecule has 236 valence electrons. The summed E-state index contributed by atoms with van der Waals surface area (Å²) >= 11 is 12.4. The van der Waals surface area contributed by atoms with E-state index >= 15 is 0 Å². The van der Waals surface area contributed by atoms with Gasteiger partial charge in [0.2, 0.25) is 0 Å². The highest BCUT2D eigenvalue weighted by atomic mass is 35.5. The third-order valence-corrected chi connectivity index (χ3v) is 7.96. The topological polar surface area (TPSA) is 128 Å². The van der Waals surface area contributed by atoms with Gasteiger partial charge in [-0.05, 0) is 55.5 Å². The van der Waals surface area contributed by atoms with Crippen molar-refractivity contribution >= 4 is 35.0 Å². The zero-order valence-corrected chi connectivity index (χ0v) is 25.2. The maximum absolute atomic E-state index is 13.4. The molecule has 2 aromatic heterocycles. The fourth-order valence-corrected chi connectivity index (χ4v) is 5.46. The Morgan fingerprint density at radius 3 is 2.09 bits per heavy atom. The summed E-state index contributed by atoms with van der Waals surface area (Å²) in [5.74, 6) is -1.13. The first-order valence-corrected chi connectivity index (χ1v) is 14.5. The molecule has 6 rings (SSSR count). The normalized spacial score (nSPS) is 14.5. The lowest BCUT2D eigenvalue weighted by Gasteiger charge is -2.22. The number of aliphatic hydroxyl groups excluding tert-OH is 1. The summed E-state index contributed by atoms with van der Waals surface area (Å²) in [4.78, 5) is 45.6. The molecule has 1 unspecified atom stereocenters. The van der Waals surface area contributed by atoms with Crippen LogP contribution in [0, 0.1) is 0 Å². The van der Waals surface area contributed by atoms with Gasteiger partial charge in [0.15, 0.2) is 23.6 Å². The monoisotopic (exact) mass is 671 g/mol. The van der Waals surface area contributed by atoms with E-state index in [1.165, 1.54) is 28.9 Å². The van der Waals surface area contributed by atoms with E-state index in [4.69, 9.17) is 23.2 Å². The third-order valence-electron chi connectivity index (χ3n) is 7.39. The van der Waals surface area contributed by atoms with Crippen LogP contribution in [0.15, 0.2) is 77.6 Å². The summed E-state index contributed by atoms with van der Waals surface area (Å²) in [6.45, 7) is 0.0402. The largest absolute Gasteiger partial charge is 0.416 e. The van der Waals surface area contributed by atoms with Crippen molar-refractivity contribution in [1.29, 1.82) is 0 Å². The van der Waals surface area contributed by atoms with Crippen molar-refractivity contribution in [1.82, 2.24) is 34.0 Å². The second-order valence-electron chi connectivity index (χ2n) is 10.4. The van der Waals surface area contributed by atoms with Crippen molar-refractivity contribution in [3.05, 3.63) is 116 Å². The van der Waals surface area contributed by atoms with E-state index in [-0.39, 0.29) is 39.2 Å².